The number of oxazole rings is 1. The molecule has 3 aromatic heterocycles. The first kappa shape index (κ1) is 18.4. The van der Waals surface area contributed by atoms with Crippen LogP contribution in [0.4, 0.5) is 5.13 Å². The maximum Gasteiger partial charge on any atom is 0.420 e. The van der Waals surface area contributed by atoms with Crippen LogP contribution < -0.4 is 11.1 Å². The molecular weight excluding hydrogens is 400 g/mol. The normalized spacial score (nSPS) is 12.5. The first-order chi connectivity index (χ1) is 14.5. The smallest absolute Gasteiger partial charge is 0.408 e. The number of nitrogens with zero attached hydrogens (tertiary/aromatic N) is 2. The molecule has 8 heteroatoms. The van der Waals surface area contributed by atoms with Crippen LogP contribution in [0.5, 0.6) is 0 Å². The number of benzene rings is 2. The van der Waals surface area contributed by atoms with Crippen LogP contribution in [0.25, 0.3) is 33.3 Å². The summed E-state index contributed by atoms with van der Waals surface area (Å²) >= 11 is 1.35. The lowest BCUT2D eigenvalue weighted by Crippen LogP contribution is -2.29. The molecule has 5 rings (SSSR count). The molecule has 5 aromatic rings. The molecule has 2 aromatic carbocycles. The second kappa shape index (κ2) is 7.00. The van der Waals surface area contributed by atoms with Crippen molar-refractivity contribution in [2.45, 2.75) is 19.9 Å². The van der Waals surface area contributed by atoms with Crippen LogP contribution in [0.2, 0.25) is 0 Å². The number of rotatable bonds is 4. The van der Waals surface area contributed by atoms with Gasteiger partial charge < -0.3 is 14.7 Å². The zero-order valence-electron chi connectivity index (χ0n) is 16.3. The van der Waals surface area contributed by atoms with Gasteiger partial charge in [-0.05, 0) is 32.0 Å². The highest BCUT2D eigenvalue weighted by molar-refractivity contribution is 7.14. The Morgan fingerprint density at radius 1 is 1.20 bits per heavy atom. The second-order valence-electron chi connectivity index (χ2n) is 7.08. The lowest BCUT2D eigenvalue weighted by Gasteiger charge is -2.11. The maximum absolute atomic E-state index is 12.8. The molecule has 0 aliphatic heterocycles. The first-order valence-electron chi connectivity index (χ1n) is 9.47. The molecule has 1 amide bonds. The molecule has 0 radical (unpaired) electrons. The van der Waals surface area contributed by atoms with Gasteiger partial charge in [0.05, 0.1) is 11.2 Å². The van der Waals surface area contributed by atoms with Crippen LogP contribution in [0.15, 0.2) is 63.1 Å². The van der Waals surface area contributed by atoms with Gasteiger partial charge in [0.1, 0.15) is 6.04 Å². The molecule has 0 aliphatic rings. The van der Waals surface area contributed by atoms with E-state index in [9.17, 15) is 9.59 Å². The second-order valence-corrected chi connectivity index (χ2v) is 7.94. The molecule has 3 heterocycles. The number of nitrogens with one attached hydrogen (secondary N) is 2. The third-order valence-electron chi connectivity index (χ3n) is 5.17. The Bertz CT molecular complexity index is 1460. The summed E-state index contributed by atoms with van der Waals surface area (Å²) in [5.74, 6) is -0.895. The molecule has 0 bridgehead atoms. The summed E-state index contributed by atoms with van der Waals surface area (Å²) in [6.07, 6.45) is 0. The Balaban J connectivity index is 1.43. The number of aryl methyl sites for hydroxylation is 1. The number of thiazole rings is 1. The minimum Gasteiger partial charge on any atom is -0.408 e. The van der Waals surface area contributed by atoms with E-state index in [0.29, 0.717) is 16.2 Å². The van der Waals surface area contributed by atoms with Crippen molar-refractivity contribution in [2.75, 3.05) is 5.32 Å². The van der Waals surface area contributed by atoms with E-state index < -0.39 is 11.8 Å². The van der Waals surface area contributed by atoms with E-state index in [1.54, 1.807) is 31.2 Å². The predicted molar refractivity (Wildman–Crippen MR) is 118 cm³/mol. The lowest BCUT2D eigenvalue weighted by atomic mass is 10.1. The van der Waals surface area contributed by atoms with Crippen molar-refractivity contribution in [1.82, 2.24) is 14.5 Å². The minimum absolute atomic E-state index is 0.333. The van der Waals surface area contributed by atoms with Crippen LogP contribution in [0.3, 0.4) is 0 Å². The van der Waals surface area contributed by atoms with E-state index in [1.807, 2.05) is 36.6 Å². The van der Waals surface area contributed by atoms with Crippen LogP contribution in [-0.4, -0.2) is 20.4 Å². The van der Waals surface area contributed by atoms with Crippen molar-refractivity contribution in [3.05, 3.63) is 70.2 Å². The van der Waals surface area contributed by atoms with Crippen molar-refractivity contribution in [3.8, 4) is 11.3 Å². The number of carbonyl (C=O) groups is 1. The van der Waals surface area contributed by atoms with Gasteiger partial charge in [0, 0.05) is 27.5 Å². The fourth-order valence-corrected chi connectivity index (χ4v) is 4.43. The number of aromatic amines is 1. The van der Waals surface area contributed by atoms with Crippen molar-refractivity contribution in [1.29, 1.82) is 0 Å². The fourth-order valence-electron chi connectivity index (χ4n) is 3.73. The third kappa shape index (κ3) is 2.93. The van der Waals surface area contributed by atoms with E-state index in [0.717, 1.165) is 27.9 Å². The van der Waals surface area contributed by atoms with E-state index >= 15 is 0 Å². The molecule has 0 aliphatic carbocycles. The van der Waals surface area contributed by atoms with E-state index in [1.165, 1.54) is 15.9 Å². The van der Waals surface area contributed by atoms with Crippen LogP contribution in [0, 0.1) is 6.92 Å². The highest BCUT2D eigenvalue weighted by Crippen LogP contribution is 2.34. The number of carbonyl (C=O) groups excluding carboxylic acids is 1. The van der Waals surface area contributed by atoms with Gasteiger partial charge in [-0.15, -0.1) is 11.3 Å². The quantitative estimate of drug-likeness (QED) is 0.442. The Morgan fingerprint density at radius 3 is 2.83 bits per heavy atom. The summed E-state index contributed by atoms with van der Waals surface area (Å²) in [5, 5.41) is 6.31. The summed E-state index contributed by atoms with van der Waals surface area (Å²) in [6.45, 7) is 3.67. The Morgan fingerprint density at radius 2 is 1.97 bits per heavy atom. The van der Waals surface area contributed by atoms with Gasteiger partial charge in [0.25, 0.3) is 0 Å². The Hall–Kier alpha value is -3.65. The van der Waals surface area contributed by atoms with Gasteiger partial charge in [-0.1, -0.05) is 30.3 Å². The predicted octanol–water partition coefficient (Wildman–Crippen LogP) is 4.71. The average Bonchev–Trinajstić information content (AvgIpc) is 3.41. The number of H-pyrrole nitrogens is 1. The Labute approximate surface area is 175 Å². The van der Waals surface area contributed by atoms with Crippen LogP contribution >= 0.6 is 11.3 Å². The van der Waals surface area contributed by atoms with Crippen molar-refractivity contribution < 1.29 is 9.21 Å². The average molecular weight is 418 g/mol. The number of aromatic nitrogens is 3. The summed E-state index contributed by atoms with van der Waals surface area (Å²) in [4.78, 5) is 33.1. The number of anilines is 1. The standard InChI is InChI=1S/C22H18N4O3S/c1-12-19(14-7-3-4-8-15(14)23-12)16-11-30-21(24-16)25-20(27)13(2)26-17-9-5-6-10-18(17)29-22(26)28/h3-11,13,23H,1-2H3,(H,24,25,27). The molecule has 0 saturated heterocycles. The lowest BCUT2D eigenvalue weighted by molar-refractivity contribution is -0.118. The zero-order valence-corrected chi connectivity index (χ0v) is 17.1. The number of amides is 1. The monoisotopic (exact) mass is 418 g/mol. The van der Waals surface area contributed by atoms with Gasteiger partial charge in [0.2, 0.25) is 5.91 Å². The molecule has 7 nitrogen and oxygen atoms in total. The third-order valence-corrected chi connectivity index (χ3v) is 5.93. The van der Waals surface area contributed by atoms with Gasteiger partial charge in [-0.2, -0.15) is 0 Å². The summed E-state index contributed by atoms with van der Waals surface area (Å²) in [5.41, 5.74) is 4.91. The Kier molecular flexibility index (Phi) is 4.29. The van der Waals surface area contributed by atoms with Crippen molar-refractivity contribution in [3.63, 3.8) is 0 Å². The molecule has 0 saturated carbocycles. The summed E-state index contributed by atoms with van der Waals surface area (Å²) in [6, 6.07) is 14.3. The van der Waals surface area contributed by atoms with Gasteiger partial charge >= 0.3 is 5.76 Å². The molecule has 1 atom stereocenters. The molecule has 150 valence electrons. The van der Waals surface area contributed by atoms with E-state index in [2.05, 4.69) is 15.3 Å². The molecule has 2 N–H and O–H groups in total. The zero-order chi connectivity index (χ0) is 20.8. The molecule has 30 heavy (non-hydrogen) atoms. The number of hydrogen-bond acceptors (Lipinski definition) is 5. The highest BCUT2D eigenvalue weighted by atomic mass is 32.1. The summed E-state index contributed by atoms with van der Waals surface area (Å²) in [7, 11) is 0. The first-order valence-corrected chi connectivity index (χ1v) is 10.3. The molecular formula is C22H18N4O3S. The number of hydrogen-bond donors (Lipinski definition) is 2. The molecule has 0 fully saturated rings. The molecule has 0 spiro atoms. The SMILES string of the molecule is Cc1[nH]c2ccccc2c1-c1csc(NC(=O)C(C)n2c(=O)oc3ccccc32)n1. The largest absolute Gasteiger partial charge is 0.420 e. The van der Waals surface area contributed by atoms with Crippen LogP contribution in [0.1, 0.15) is 18.7 Å². The van der Waals surface area contributed by atoms with Crippen LogP contribution in [-0.2, 0) is 4.79 Å². The van der Waals surface area contributed by atoms with E-state index in [-0.39, 0.29) is 5.91 Å². The van der Waals surface area contributed by atoms with Gasteiger partial charge in [-0.25, -0.2) is 9.78 Å². The minimum atomic E-state index is -0.747. The van der Waals surface area contributed by atoms with Crippen molar-refractivity contribution in [2.24, 2.45) is 0 Å². The number of fused-ring (bicyclic) bond motifs is 2. The summed E-state index contributed by atoms with van der Waals surface area (Å²) < 4.78 is 6.59. The van der Waals surface area contributed by atoms with Gasteiger partial charge in [-0.3, -0.25) is 9.36 Å². The highest BCUT2D eigenvalue weighted by Gasteiger charge is 2.22. The van der Waals surface area contributed by atoms with Gasteiger partial charge in [0.15, 0.2) is 10.7 Å². The maximum atomic E-state index is 12.8. The topological polar surface area (TPSA) is 92.9 Å². The van der Waals surface area contributed by atoms with E-state index in [4.69, 9.17) is 4.42 Å². The molecule has 1 unspecified atom stereocenters. The number of para-hydroxylation sites is 3. The van der Waals surface area contributed by atoms with Crippen molar-refractivity contribution >= 4 is 44.4 Å². The fraction of sp³-hybridized carbons (Fsp3) is 0.136.